The topological polar surface area (TPSA) is 64.9 Å². The second-order valence-corrected chi connectivity index (χ2v) is 3.44. The lowest BCUT2D eigenvalue weighted by Gasteiger charge is -2.01. The van der Waals surface area contributed by atoms with Crippen molar-refractivity contribution in [3.8, 4) is 11.3 Å². The van der Waals surface area contributed by atoms with Gasteiger partial charge in [0.2, 0.25) is 0 Å². The van der Waals surface area contributed by atoms with Gasteiger partial charge in [-0.1, -0.05) is 18.2 Å². The van der Waals surface area contributed by atoms with Gasteiger partial charge in [0.25, 0.3) is 6.01 Å². The highest BCUT2D eigenvalue weighted by molar-refractivity contribution is 5.92. The van der Waals surface area contributed by atoms with Gasteiger partial charge in [-0.2, -0.15) is 0 Å². The van der Waals surface area contributed by atoms with Crippen LogP contribution in [0.1, 0.15) is 0 Å². The number of anilines is 1. The molecule has 2 N–H and O–H groups in total. The molecule has 0 bridgehead atoms. The predicted octanol–water partition coefficient (Wildman–Crippen LogP) is 2.47. The predicted molar refractivity (Wildman–Crippen MR) is 61.7 cm³/mol. The summed E-state index contributed by atoms with van der Waals surface area (Å²) in [5, 5.41) is 1.03. The first kappa shape index (κ1) is 8.91. The number of fused-ring (bicyclic) bond motifs is 1. The van der Waals surface area contributed by atoms with Gasteiger partial charge in [0, 0.05) is 17.1 Å². The van der Waals surface area contributed by atoms with Crippen molar-refractivity contribution in [2.24, 2.45) is 0 Å². The molecule has 0 atom stereocenters. The first-order valence-corrected chi connectivity index (χ1v) is 4.90. The van der Waals surface area contributed by atoms with E-state index in [9.17, 15) is 0 Å². The molecule has 4 heteroatoms. The SMILES string of the molecule is Nc1ncc(-c2ccnc3ccccc23)o1. The minimum Gasteiger partial charge on any atom is -0.424 e. The monoisotopic (exact) mass is 211 g/mol. The largest absolute Gasteiger partial charge is 0.424 e. The lowest BCUT2D eigenvalue weighted by atomic mass is 10.1. The van der Waals surface area contributed by atoms with Crippen LogP contribution in [0.15, 0.2) is 47.1 Å². The Balaban J connectivity index is 2.31. The Hall–Kier alpha value is -2.36. The van der Waals surface area contributed by atoms with Gasteiger partial charge in [-0.05, 0) is 12.1 Å². The van der Waals surface area contributed by atoms with Crippen LogP contribution in [0.25, 0.3) is 22.2 Å². The van der Waals surface area contributed by atoms with Crippen molar-refractivity contribution in [2.75, 3.05) is 5.73 Å². The molecule has 3 aromatic rings. The van der Waals surface area contributed by atoms with E-state index in [1.54, 1.807) is 12.4 Å². The zero-order chi connectivity index (χ0) is 11.0. The van der Waals surface area contributed by atoms with Gasteiger partial charge in [-0.25, -0.2) is 4.98 Å². The van der Waals surface area contributed by atoms with E-state index in [1.807, 2.05) is 30.3 Å². The van der Waals surface area contributed by atoms with E-state index in [0.717, 1.165) is 16.5 Å². The average Bonchev–Trinajstić information content (AvgIpc) is 2.75. The van der Waals surface area contributed by atoms with Gasteiger partial charge in [0.1, 0.15) is 0 Å². The van der Waals surface area contributed by atoms with Gasteiger partial charge < -0.3 is 10.2 Å². The summed E-state index contributed by atoms with van der Waals surface area (Å²) >= 11 is 0. The number of pyridine rings is 1. The molecule has 0 unspecified atom stereocenters. The second-order valence-electron chi connectivity index (χ2n) is 3.44. The van der Waals surface area contributed by atoms with Crippen LogP contribution in [0, 0.1) is 0 Å². The number of para-hydroxylation sites is 1. The third kappa shape index (κ3) is 1.32. The van der Waals surface area contributed by atoms with Crippen molar-refractivity contribution in [2.45, 2.75) is 0 Å². The standard InChI is InChI=1S/C12H9N3O/c13-12-15-7-11(16-12)9-5-6-14-10-4-2-1-3-8(9)10/h1-7H,(H2,13,15). The van der Waals surface area contributed by atoms with Gasteiger partial charge in [-0.15, -0.1) is 0 Å². The summed E-state index contributed by atoms with van der Waals surface area (Å²) in [4.78, 5) is 8.17. The van der Waals surface area contributed by atoms with Crippen LogP contribution < -0.4 is 5.73 Å². The molecule has 4 nitrogen and oxygen atoms in total. The van der Waals surface area contributed by atoms with Crippen LogP contribution in [0.4, 0.5) is 6.01 Å². The highest BCUT2D eigenvalue weighted by Gasteiger charge is 2.08. The number of oxazole rings is 1. The molecule has 0 saturated heterocycles. The fraction of sp³-hybridized carbons (Fsp3) is 0. The maximum absolute atomic E-state index is 5.47. The molecule has 3 rings (SSSR count). The van der Waals surface area contributed by atoms with E-state index in [-0.39, 0.29) is 6.01 Å². The number of hydrogen-bond donors (Lipinski definition) is 1. The lowest BCUT2D eigenvalue weighted by Crippen LogP contribution is -1.82. The molecule has 2 heterocycles. The van der Waals surface area contributed by atoms with Crippen molar-refractivity contribution < 1.29 is 4.42 Å². The first-order valence-electron chi connectivity index (χ1n) is 4.90. The van der Waals surface area contributed by atoms with Crippen LogP contribution in [0.5, 0.6) is 0 Å². The summed E-state index contributed by atoms with van der Waals surface area (Å²) in [5.41, 5.74) is 7.35. The Labute approximate surface area is 91.7 Å². The second kappa shape index (κ2) is 3.34. The molecule has 0 fully saturated rings. The Morgan fingerprint density at radius 2 is 1.94 bits per heavy atom. The summed E-state index contributed by atoms with van der Waals surface area (Å²) in [6, 6.07) is 9.94. The molecule has 78 valence electrons. The molecule has 0 aliphatic heterocycles. The van der Waals surface area contributed by atoms with Gasteiger partial charge in [-0.3, -0.25) is 4.98 Å². The maximum atomic E-state index is 5.47. The van der Waals surface area contributed by atoms with E-state index in [0.29, 0.717) is 5.76 Å². The summed E-state index contributed by atoms with van der Waals surface area (Å²) in [7, 11) is 0. The van der Waals surface area contributed by atoms with Crippen molar-refractivity contribution >= 4 is 16.9 Å². The number of nitrogens with two attached hydrogens (primary N) is 1. The molecular formula is C12H9N3O. The van der Waals surface area contributed by atoms with E-state index in [2.05, 4.69) is 9.97 Å². The fourth-order valence-electron chi connectivity index (χ4n) is 1.72. The zero-order valence-corrected chi connectivity index (χ0v) is 8.42. The molecule has 0 spiro atoms. The molecule has 0 aliphatic rings. The van der Waals surface area contributed by atoms with Crippen LogP contribution in [0.2, 0.25) is 0 Å². The lowest BCUT2D eigenvalue weighted by molar-refractivity contribution is 0.595. The van der Waals surface area contributed by atoms with Crippen molar-refractivity contribution in [3.05, 3.63) is 42.7 Å². The van der Waals surface area contributed by atoms with Crippen molar-refractivity contribution in [1.82, 2.24) is 9.97 Å². The van der Waals surface area contributed by atoms with Crippen molar-refractivity contribution in [3.63, 3.8) is 0 Å². The highest BCUT2D eigenvalue weighted by atomic mass is 16.4. The molecule has 0 amide bonds. The van der Waals surface area contributed by atoms with Crippen LogP contribution in [0.3, 0.4) is 0 Å². The molecule has 0 aliphatic carbocycles. The van der Waals surface area contributed by atoms with E-state index < -0.39 is 0 Å². The number of hydrogen-bond acceptors (Lipinski definition) is 4. The van der Waals surface area contributed by atoms with Crippen LogP contribution >= 0.6 is 0 Å². The van der Waals surface area contributed by atoms with E-state index in [4.69, 9.17) is 10.2 Å². The molecule has 0 radical (unpaired) electrons. The summed E-state index contributed by atoms with van der Waals surface area (Å²) < 4.78 is 5.32. The third-order valence-electron chi connectivity index (χ3n) is 2.44. The highest BCUT2D eigenvalue weighted by Crippen LogP contribution is 2.27. The number of benzene rings is 1. The van der Waals surface area contributed by atoms with Gasteiger partial charge in [0.15, 0.2) is 5.76 Å². The average molecular weight is 211 g/mol. The Kier molecular flexibility index (Phi) is 1.86. The minimum atomic E-state index is 0.177. The molecule has 2 aromatic heterocycles. The molecule has 16 heavy (non-hydrogen) atoms. The van der Waals surface area contributed by atoms with Crippen LogP contribution in [-0.2, 0) is 0 Å². The normalized spacial score (nSPS) is 10.8. The fourth-order valence-corrected chi connectivity index (χ4v) is 1.72. The number of nitrogens with zero attached hydrogens (tertiary/aromatic N) is 2. The Morgan fingerprint density at radius 1 is 1.06 bits per heavy atom. The molecular weight excluding hydrogens is 202 g/mol. The van der Waals surface area contributed by atoms with E-state index >= 15 is 0 Å². The molecule has 1 aromatic carbocycles. The Bertz CT molecular complexity index is 640. The Morgan fingerprint density at radius 3 is 2.75 bits per heavy atom. The number of nitrogen functional groups attached to an aromatic ring is 1. The van der Waals surface area contributed by atoms with E-state index in [1.165, 1.54) is 0 Å². The maximum Gasteiger partial charge on any atom is 0.292 e. The number of rotatable bonds is 1. The number of aromatic nitrogens is 2. The van der Waals surface area contributed by atoms with Gasteiger partial charge in [0.05, 0.1) is 11.7 Å². The summed E-state index contributed by atoms with van der Waals surface area (Å²) in [5.74, 6) is 0.663. The smallest absolute Gasteiger partial charge is 0.292 e. The van der Waals surface area contributed by atoms with Crippen LogP contribution in [-0.4, -0.2) is 9.97 Å². The zero-order valence-electron chi connectivity index (χ0n) is 8.42. The van der Waals surface area contributed by atoms with Gasteiger partial charge >= 0.3 is 0 Å². The first-order chi connectivity index (χ1) is 7.84. The van der Waals surface area contributed by atoms with Crippen molar-refractivity contribution in [1.29, 1.82) is 0 Å². The summed E-state index contributed by atoms with van der Waals surface area (Å²) in [6.07, 6.45) is 3.37. The third-order valence-corrected chi connectivity index (χ3v) is 2.44. The minimum absolute atomic E-state index is 0.177. The quantitative estimate of drug-likeness (QED) is 0.671. The molecule has 0 saturated carbocycles. The summed E-state index contributed by atoms with van der Waals surface area (Å²) in [6.45, 7) is 0.